The first kappa shape index (κ1) is 18.3. The molecule has 1 N–H and O–H groups in total. The number of aromatic nitrogens is 2. The van der Waals surface area contributed by atoms with Crippen LogP contribution in [0.15, 0.2) is 28.6 Å². The Balaban J connectivity index is 2.34. The highest BCUT2D eigenvalue weighted by atomic mass is 32.2. The van der Waals surface area contributed by atoms with Crippen molar-refractivity contribution in [2.75, 3.05) is 16.2 Å². The summed E-state index contributed by atoms with van der Waals surface area (Å²) < 4.78 is 26.9. The summed E-state index contributed by atoms with van der Waals surface area (Å²) >= 11 is 0.846. The van der Waals surface area contributed by atoms with Crippen LogP contribution in [0, 0.1) is 12.8 Å². The van der Waals surface area contributed by atoms with Crippen molar-refractivity contribution >= 4 is 38.1 Å². The van der Waals surface area contributed by atoms with Crippen LogP contribution in [0.25, 0.3) is 0 Å². The van der Waals surface area contributed by atoms with E-state index in [-0.39, 0.29) is 27.8 Å². The molecule has 130 valence electrons. The molecular formula is C15H20N4O3S2. The summed E-state index contributed by atoms with van der Waals surface area (Å²) in [4.78, 5) is 11.7. The molecule has 0 saturated heterocycles. The Bertz CT molecular complexity index is 831. The molecule has 0 bridgehead atoms. The number of carbonyl (C=O) groups is 1. The first-order valence-corrected chi connectivity index (χ1v) is 9.75. The lowest BCUT2D eigenvalue weighted by Crippen LogP contribution is -2.31. The fraction of sp³-hybridized carbons (Fsp3) is 0.400. The molecule has 1 amide bonds. The number of amides is 1. The lowest BCUT2D eigenvalue weighted by molar-refractivity contribution is -0.118. The van der Waals surface area contributed by atoms with Crippen molar-refractivity contribution in [2.45, 2.75) is 32.0 Å². The third-order valence-electron chi connectivity index (χ3n) is 3.34. The predicted octanol–water partition coefficient (Wildman–Crippen LogP) is 2.66. The molecule has 0 saturated carbocycles. The van der Waals surface area contributed by atoms with Gasteiger partial charge in [-0.05, 0) is 25.5 Å². The van der Waals surface area contributed by atoms with Gasteiger partial charge < -0.3 is 5.32 Å². The molecule has 0 radical (unpaired) electrons. The second-order valence-corrected chi connectivity index (χ2v) is 8.49. The van der Waals surface area contributed by atoms with Crippen LogP contribution in [-0.4, -0.2) is 31.1 Å². The van der Waals surface area contributed by atoms with Gasteiger partial charge in [0.2, 0.25) is 11.0 Å². The number of aryl methyl sites for hydroxylation is 1. The Morgan fingerprint density at radius 2 is 1.96 bits per heavy atom. The summed E-state index contributed by atoms with van der Waals surface area (Å²) in [5.74, 6) is -0.464. The third kappa shape index (κ3) is 3.73. The summed E-state index contributed by atoms with van der Waals surface area (Å²) in [7, 11) is -3.83. The van der Waals surface area contributed by atoms with Gasteiger partial charge >= 0.3 is 0 Å². The summed E-state index contributed by atoms with van der Waals surface area (Å²) in [5.41, 5.74) is 1.45. The molecule has 2 aromatic rings. The molecule has 1 heterocycles. The fourth-order valence-corrected chi connectivity index (χ4v) is 4.57. The highest BCUT2D eigenvalue weighted by Gasteiger charge is 2.29. The summed E-state index contributed by atoms with van der Waals surface area (Å²) in [6.45, 7) is 7.35. The van der Waals surface area contributed by atoms with Gasteiger partial charge in [-0.3, -0.25) is 9.10 Å². The molecule has 0 atom stereocenters. The number of nitrogens with one attached hydrogen (secondary N) is 1. The monoisotopic (exact) mass is 368 g/mol. The predicted molar refractivity (Wildman–Crippen MR) is 94.8 cm³/mol. The third-order valence-corrected chi connectivity index (χ3v) is 6.42. The Labute approximate surface area is 145 Å². The Kier molecular flexibility index (Phi) is 5.55. The van der Waals surface area contributed by atoms with Crippen LogP contribution in [0.4, 0.5) is 10.8 Å². The van der Waals surface area contributed by atoms with Gasteiger partial charge in [-0.2, -0.15) is 8.42 Å². The second-order valence-electron chi connectivity index (χ2n) is 5.47. The van der Waals surface area contributed by atoms with Crippen LogP contribution in [0.3, 0.4) is 0 Å². The van der Waals surface area contributed by atoms with E-state index in [0.29, 0.717) is 5.69 Å². The maximum atomic E-state index is 12.9. The molecule has 1 aromatic carbocycles. The Morgan fingerprint density at radius 1 is 1.29 bits per heavy atom. The van der Waals surface area contributed by atoms with Gasteiger partial charge in [-0.25, -0.2) is 0 Å². The molecule has 2 rings (SSSR count). The zero-order chi connectivity index (χ0) is 17.9. The van der Waals surface area contributed by atoms with Crippen molar-refractivity contribution in [1.82, 2.24) is 10.2 Å². The van der Waals surface area contributed by atoms with Crippen molar-refractivity contribution in [1.29, 1.82) is 0 Å². The van der Waals surface area contributed by atoms with Gasteiger partial charge in [-0.1, -0.05) is 43.4 Å². The topological polar surface area (TPSA) is 92.3 Å². The molecule has 9 heteroatoms. The van der Waals surface area contributed by atoms with Gasteiger partial charge in [0, 0.05) is 12.5 Å². The zero-order valence-electron chi connectivity index (χ0n) is 14.0. The minimum Gasteiger partial charge on any atom is -0.300 e. The fourth-order valence-electron chi connectivity index (χ4n) is 2.02. The van der Waals surface area contributed by atoms with E-state index < -0.39 is 10.0 Å². The summed E-state index contributed by atoms with van der Waals surface area (Å²) in [6.07, 6.45) is 0. The number of benzene rings is 1. The van der Waals surface area contributed by atoms with Gasteiger partial charge in [0.25, 0.3) is 14.4 Å². The molecule has 0 aliphatic heterocycles. The number of anilines is 2. The number of hydrogen-bond acceptors (Lipinski definition) is 6. The van der Waals surface area contributed by atoms with Crippen LogP contribution in [0.5, 0.6) is 0 Å². The van der Waals surface area contributed by atoms with E-state index in [4.69, 9.17) is 0 Å². The quantitative estimate of drug-likeness (QED) is 0.791. The van der Waals surface area contributed by atoms with E-state index in [2.05, 4.69) is 15.5 Å². The lowest BCUT2D eigenvalue weighted by Gasteiger charge is -2.22. The molecule has 0 aliphatic carbocycles. The molecule has 24 heavy (non-hydrogen) atoms. The van der Waals surface area contributed by atoms with Crippen molar-refractivity contribution in [3.05, 3.63) is 29.8 Å². The van der Waals surface area contributed by atoms with Crippen LogP contribution in [-0.2, 0) is 14.8 Å². The van der Waals surface area contributed by atoms with E-state index >= 15 is 0 Å². The molecule has 0 unspecified atom stereocenters. The summed E-state index contributed by atoms with van der Waals surface area (Å²) in [6, 6.07) is 7.24. The van der Waals surface area contributed by atoms with Crippen LogP contribution in [0.2, 0.25) is 0 Å². The number of carbonyl (C=O) groups excluding carboxylic acids is 1. The minimum atomic E-state index is -3.83. The smallest absolute Gasteiger partial charge is 0.293 e. The largest absolute Gasteiger partial charge is 0.300 e. The van der Waals surface area contributed by atoms with E-state index in [0.717, 1.165) is 16.9 Å². The van der Waals surface area contributed by atoms with Crippen molar-refractivity contribution in [3.63, 3.8) is 0 Å². The maximum absolute atomic E-state index is 12.9. The normalized spacial score (nSPS) is 11.5. The number of nitrogens with zero attached hydrogens (tertiary/aromatic N) is 3. The SMILES string of the molecule is CCN(c1ccccc1C)S(=O)(=O)c1nnc(NC(=O)C(C)C)s1. The maximum Gasteiger partial charge on any atom is 0.293 e. The number of sulfonamides is 1. The highest BCUT2D eigenvalue weighted by Crippen LogP contribution is 2.29. The van der Waals surface area contributed by atoms with Gasteiger partial charge in [0.05, 0.1) is 5.69 Å². The van der Waals surface area contributed by atoms with Crippen molar-refractivity contribution in [2.24, 2.45) is 5.92 Å². The molecule has 7 nitrogen and oxygen atoms in total. The lowest BCUT2D eigenvalue weighted by atomic mass is 10.2. The first-order valence-electron chi connectivity index (χ1n) is 7.50. The average Bonchev–Trinajstić information content (AvgIpc) is 2.99. The molecule has 0 fully saturated rings. The zero-order valence-corrected chi connectivity index (χ0v) is 15.6. The van der Waals surface area contributed by atoms with Crippen LogP contribution < -0.4 is 9.62 Å². The number of rotatable bonds is 6. The van der Waals surface area contributed by atoms with Crippen molar-refractivity contribution < 1.29 is 13.2 Å². The van der Waals surface area contributed by atoms with Crippen molar-refractivity contribution in [3.8, 4) is 0 Å². The highest BCUT2D eigenvalue weighted by molar-refractivity contribution is 7.94. The standard InChI is InChI=1S/C15H20N4O3S2/c1-5-19(12-9-7-6-8-11(12)4)24(21,22)15-18-17-14(23-15)16-13(20)10(2)3/h6-10H,5H2,1-4H3,(H,16,17,20). The van der Waals surface area contributed by atoms with E-state index in [1.54, 1.807) is 32.9 Å². The van der Waals surface area contributed by atoms with E-state index in [1.807, 2.05) is 19.1 Å². The Hall–Kier alpha value is -2.00. The second kappa shape index (κ2) is 7.27. The first-order chi connectivity index (χ1) is 11.3. The van der Waals surface area contributed by atoms with Gasteiger partial charge in [0.1, 0.15) is 0 Å². The minimum absolute atomic E-state index is 0.147. The number of hydrogen-bond donors (Lipinski definition) is 1. The summed E-state index contributed by atoms with van der Waals surface area (Å²) in [5, 5.41) is 10.3. The van der Waals surface area contributed by atoms with Crippen LogP contribution >= 0.6 is 11.3 Å². The molecule has 1 aromatic heterocycles. The Morgan fingerprint density at radius 3 is 2.54 bits per heavy atom. The van der Waals surface area contributed by atoms with Gasteiger partial charge in [0.15, 0.2) is 0 Å². The van der Waals surface area contributed by atoms with E-state index in [9.17, 15) is 13.2 Å². The van der Waals surface area contributed by atoms with Gasteiger partial charge in [-0.15, -0.1) is 10.2 Å². The molecule has 0 aliphatic rings. The molecule has 0 spiro atoms. The molecular weight excluding hydrogens is 348 g/mol. The average molecular weight is 368 g/mol. The number of para-hydroxylation sites is 1. The van der Waals surface area contributed by atoms with Crippen LogP contribution in [0.1, 0.15) is 26.3 Å². The van der Waals surface area contributed by atoms with E-state index in [1.165, 1.54) is 4.31 Å².